The van der Waals surface area contributed by atoms with Gasteiger partial charge in [0.05, 0.1) is 0 Å². The maximum Gasteiger partial charge on any atom is -0.0323 e. The van der Waals surface area contributed by atoms with Crippen molar-refractivity contribution in [3.63, 3.8) is 0 Å². The van der Waals surface area contributed by atoms with Crippen LogP contribution in [0.4, 0.5) is 0 Å². The fourth-order valence-electron chi connectivity index (χ4n) is 18.7. The van der Waals surface area contributed by atoms with Gasteiger partial charge in [-0.1, -0.05) is 122 Å². The van der Waals surface area contributed by atoms with Crippen LogP contribution >= 0.6 is 0 Å². The lowest BCUT2D eigenvalue weighted by Crippen LogP contribution is -2.45. The molecule has 0 heteroatoms. The molecule has 0 heterocycles. The van der Waals surface area contributed by atoms with Crippen LogP contribution < -0.4 is 0 Å². The Morgan fingerprint density at radius 2 is 0.412 bits per heavy atom. The molecular formula is C51H84. The van der Waals surface area contributed by atoms with Gasteiger partial charge in [0.2, 0.25) is 0 Å². The summed E-state index contributed by atoms with van der Waals surface area (Å²) >= 11 is 0. The van der Waals surface area contributed by atoms with E-state index in [-0.39, 0.29) is 0 Å². The maximum atomic E-state index is 1.70. The molecule has 0 aromatic rings. The van der Waals surface area contributed by atoms with Crippen molar-refractivity contribution in [3.8, 4) is 0 Å². The zero-order valence-electron chi connectivity index (χ0n) is 33.7. The van der Waals surface area contributed by atoms with Gasteiger partial charge in [-0.3, -0.25) is 0 Å². The summed E-state index contributed by atoms with van der Waals surface area (Å²) < 4.78 is 0. The number of fused-ring (bicyclic) bond motifs is 5. The van der Waals surface area contributed by atoms with Crippen LogP contribution in [-0.4, -0.2) is 0 Å². The van der Waals surface area contributed by atoms with Crippen LogP contribution in [0.15, 0.2) is 0 Å². The Morgan fingerprint density at radius 1 is 0.157 bits per heavy atom. The van der Waals surface area contributed by atoms with E-state index in [1.54, 1.807) is 205 Å². The molecule has 0 N–H and O–H groups in total. The van der Waals surface area contributed by atoms with E-state index in [0.29, 0.717) is 0 Å². The van der Waals surface area contributed by atoms with Gasteiger partial charge in [-0.2, -0.15) is 0 Å². The van der Waals surface area contributed by atoms with E-state index in [1.807, 2.05) is 0 Å². The van der Waals surface area contributed by atoms with Gasteiger partial charge >= 0.3 is 0 Å². The predicted molar refractivity (Wildman–Crippen MR) is 215 cm³/mol. The SMILES string of the molecule is C1CCC(C2CCC3CC(C4CC(C5CCCCC5)CC(C5CC(C6CCCCC6)CC6CC7CC8CCCCC8CC7C65)C4)CCC3C2)CC1. The minimum Gasteiger partial charge on any atom is -0.0533 e. The van der Waals surface area contributed by atoms with Gasteiger partial charge in [0.15, 0.2) is 0 Å². The molecule has 0 spiro atoms. The molecule has 10 aliphatic carbocycles. The summed E-state index contributed by atoms with van der Waals surface area (Å²) in [6.07, 6.45) is 53.3. The minimum atomic E-state index is 1.10. The Balaban J connectivity index is 0.892. The average Bonchev–Trinajstić information content (AvgIpc) is 3.57. The summed E-state index contributed by atoms with van der Waals surface area (Å²) in [5.41, 5.74) is 0. The van der Waals surface area contributed by atoms with Crippen molar-refractivity contribution in [2.24, 2.45) is 107 Å². The van der Waals surface area contributed by atoms with Crippen LogP contribution in [0, 0.1) is 107 Å². The third-order valence-electron chi connectivity index (χ3n) is 20.9. The third kappa shape index (κ3) is 7.37. The van der Waals surface area contributed by atoms with Crippen LogP contribution in [0.1, 0.15) is 212 Å². The Labute approximate surface area is 317 Å². The molecule has 0 aromatic heterocycles. The lowest BCUT2D eigenvalue weighted by molar-refractivity contribution is -0.0387. The van der Waals surface area contributed by atoms with Crippen molar-refractivity contribution in [2.75, 3.05) is 0 Å². The van der Waals surface area contributed by atoms with Gasteiger partial charge in [-0.05, 0) is 196 Å². The molecule has 10 fully saturated rings. The standard InChI is InChI=1S/C51H84/c1-4-12-34(13-5-1)39-20-21-41-25-42(23-22-40(41)24-39)44-27-43(35-14-6-2-7-15-35)28-47(29-44)50-33-45(36-16-8-3-9-17-36)30-48-31-46-26-37-18-10-11-19-38(37)32-49(46)51(48)50/h34-51H,1-33H2. The largest absolute Gasteiger partial charge is 0.0533 e. The lowest BCUT2D eigenvalue weighted by Gasteiger charge is -2.53. The van der Waals surface area contributed by atoms with Gasteiger partial charge in [-0.15, -0.1) is 0 Å². The molecule has 0 aliphatic heterocycles. The molecular weight excluding hydrogens is 613 g/mol. The molecule has 0 nitrogen and oxygen atoms in total. The molecule has 0 radical (unpaired) electrons. The summed E-state index contributed by atoms with van der Waals surface area (Å²) in [6, 6.07) is 0. The summed E-state index contributed by atoms with van der Waals surface area (Å²) in [6.45, 7) is 0. The minimum absolute atomic E-state index is 1.10. The van der Waals surface area contributed by atoms with Gasteiger partial charge in [-0.25, -0.2) is 0 Å². The quantitative estimate of drug-likeness (QED) is 0.268. The Hall–Kier alpha value is 0. The van der Waals surface area contributed by atoms with E-state index in [4.69, 9.17) is 0 Å². The summed E-state index contributed by atoms with van der Waals surface area (Å²) in [5, 5.41) is 0. The normalized spacial score (nSPS) is 50.5. The van der Waals surface area contributed by atoms with E-state index >= 15 is 0 Å². The Bertz CT molecular complexity index is 1100. The molecule has 15 atom stereocenters. The van der Waals surface area contributed by atoms with Crippen LogP contribution in [-0.2, 0) is 0 Å². The fourth-order valence-corrected chi connectivity index (χ4v) is 18.7. The second-order valence-corrected chi connectivity index (χ2v) is 23.0. The predicted octanol–water partition coefficient (Wildman–Crippen LogP) is 15.1. The van der Waals surface area contributed by atoms with Crippen molar-refractivity contribution in [1.82, 2.24) is 0 Å². The Kier molecular flexibility index (Phi) is 11.0. The van der Waals surface area contributed by atoms with E-state index in [9.17, 15) is 0 Å². The van der Waals surface area contributed by atoms with Crippen LogP contribution in [0.2, 0.25) is 0 Å². The number of hydrogen-bond acceptors (Lipinski definition) is 0. The van der Waals surface area contributed by atoms with E-state index in [0.717, 1.165) is 107 Å². The highest BCUT2D eigenvalue weighted by atomic mass is 14.6. The topological polar surface area (TPSA) is 0 Å². The van der Waals surface area contributed by atoms with Crippen molar-refractivity contribution in [3.05, 3.63) is 0 Å². The molecule has 288 valence electrons. The fraction of sp³-hybridized carbons (Fsp3) is 1.00. The zero-order valence-corrected chi connectivity index (χ0v) is 33.7. The Morgan fingerprint density at radius 3 is 0.961 bits per heavy atom. The van der Waals surface area contributed by atoms with Crippen molar-refractivity contribution in [1.29, 1.82) is 0 Å². The molecule has 0 bridgehead atoms. The zero-order chi connectivity index (χ0) is 33.7. The van der Waals surface area contributed by atoms with Crippen LogP contribution in [0.3, 0.4) is 0 Å². The molecule has 0 aromatic carbocycles. The highest BCUT2D eigenvalue weighted by molar-refractivity contribution is 5.06. The summed E-state index contributed by atoms with van der Waals surface area (Å²) in [7, 11) is 0. The van der Waals surface area contributed by atoms with Crippen molar-refractivity contribution < 1.29 is 0 Å². The molecule has 10 rings (SSSR count). The van der Waals surface area contributed by atoms with E-state index in [1.165, 1.54) is 6.42 Å². The van der Waals surface area contributed by atoms with Crippen molar-refractivity contribution >= 4 is 0 Å². The molecule has 51 heavy (non-hydrogen) atoms. The first-order valence-electron chi connectivity index (χ1n) is 25.2. The molecule has 0 amide bonds. The molecule has 10 saturated carbocycles. The molecule has 0 saturated heterocycles. The highest BCUT2D eigenvalue weighted by Crippen LogP contribution is 2.65. The first kappa shape index (κ1) is 35.4. The molecule has 15 unspecified atom stereocenters. The van der Waals surface area contributed by atoms with Gasteiger partial charge in [0.25, 0.3) is 0 Å². The smallest absolute Gasteiger partial charge is 0.0323 e. The third-order valence-corrected chi connectivity index (χ3v) is 20.9. The summed E-state index contributed by atoms with van der Waals surface area (Å²) in [5.74, 6) is 20.2. The second-order valence-electron chi connectivity index (χ2n) is 23.0. The van der Waals surface area contributed by atoms with Crippen molar-refractivity contribution in [2.45, 2.75) is 212 Å². The van der Waals surface area contributed by atoms with Gasteiger partial charge in [0.1, 0.15) is 0 Å². The van der Waals surface area contributed by atoms with Crippen LogP contribution in [0.5, 0.6) is 0 Å². The maximum absolute atomic E-state index is 1.70. The molecule has 10 aliphatic rings. The number of rotatable bonds is 5. The van der Waals surface area contributed by atoms with Gasteiger partial charge in [0, 0.05) is 0 Å². The average molecular weight is 697 g/mol. The number of hydrogen-bond donors (Lipinski definition) is 0. The van der Waals surface area contributed by atoms with E-state index in [2.05, 4.69) is 0 Å². The second kappa shape index (κ2) is 15.9. The van der Waals surface area contributed by atoms with Gasteiger partial charge < -0.3 is 0 Å². The highest BCUT2D eigenvalue weighted by Gasteiger charge is 2.56. The lowest BCUT2D eigenvalue weighted by atomic mass is 9.52. The van der Waals surface area contributed by atoms with Crippen LogP contribution in [0.25, 0.3) is 0 Å². The monoisotopic (exact) mass is 697 g/mol. The first-order valence-corrected chi connectivity index (χ1v) is 25.2. The first-order chi connectivity index (χ1) is 25.2. The van der Waals surface area contributed by atoms with E-state index < -0.39 is 0 Å². The summed E-state index contributed by atoms with van der Waals surface area (Å²) in [4.78, 5) is 0.